The van der Waals surface area contributed by atoms with Gasteiger partial charge in [0.05, 0.1) is 5.92 Å². The summed E-state index contributed by atoms with van der Waals surface area (Å²) in [5, 5.41) is 1.30. The van der Waals surface area contributed by atoms with Gasteiger partial charge in [-0.3, -0.25) is 14.6 Å². The number of fused-ring (bicyclic) bond motifs is 2. The van der Waals surface area contributed by atoms with Crippen molar-refractivity contribution < 1.29 is 9.59 Å². The van der Waals surface area contributed by atoms with Gasteiger partial charge < -0.3 is 15.6 Å². The maximum absolute atomic E-state index is 13.4. The van der Waals surface area contributed by atoms with Crippen LogP contribution < -0.4 is 5.73 Å². The highest BCUT2D eigenvalue weighted by molar-refractivity contribution is 5.95. The summed E-state index contributed by atoms with van der Waals surface area (Å²) in [4.78, 5) is 34.6. The Labute approximate surface area is 183 Å². The predicted molar refractivity (Wildman–Crippen MR) is 123 cm³/mol. The van der Waals surface area contributed by atoms with Crippen molar-refractivity contribution in [3.8, 4) is 0 Å². The second-order valence-electron chi connectivity index (χ2n) is 9.12. The number of nitrogens with one attached hydrogen (secondary N) is 1. The molecule has 0 saturated carbocycles. The summed E-state index contributed by atoms with van der Waals surface area (Å²) in [6, 6.07) is 6.06. The summed E-state index contributed by atoms with van der Waals surface area (Å²) in [5.74, 6) is -0.166. The van der Waals surface area contributed by atoms with E-state index in [1.807, 2.05) is 25.1 Å². The highest BCUT2D eigenvalue weighted by Crippen LogP contribution is 2.45. The molecule has 1 saturated heterocycles. The van der Waals surface area contributed by atoms with E-state index < -0.39 is 6.03 Å². The zero-order valence-corrected chi connectivity index (χ0v) is 18.5. The van der Waals surface area contributed by atoms with Crippen molar-refractivity contribution in [2.45, 2.75) is 31.2 Å². The second-order valence-corrected chi connectivity index (χ2v) is 9.12. The Morgan fingerprint density at radius 1 is 1.32 bits per heavy atom. The number of hydrogen-bond donors (Lipinski definition) is 2. The number of H-pyrrole nitrogens is 1. The Bertz CT molecular complexity index is 982. The fourth-order valence-electron chi connectivity index (χ4n) is 5.45. The lowest BCUT2D eigenvalue weighted by Crippen LogP contribution is -2.55. The zero-order valence-electron chi connectivity index (χ0n) is 18.5. The molecule has 7 nitrogen and oxygen atoms in total. The third kappa shape index (κ3) is 4.12. The number of hydrogen-bond acceptors (Lipinski definition) is 4. The molecule has 0 radical (unpaired) electrons. The van der Waals surface area contributed by atoms with E-state index in [1.54, 1.807) is 0 Å². The normalized spacial score (nSPS) is 23.0. The summed E-state index contributed by atoms with van der Waals surface area (Å²) in [7, 11) is 3.95. The molecule has 3 N–H and O–H groups in total. The van der Waals surface area contributed by atoms with E-state index in [1.165, 1.54) is 21.4 Å². The molecule has 1 aliphatic heterocycles. The van der Waals surface area contributed by atoms with E-state index in [9.17, 15) is 9.59 Å². The van der Waals surface area contributed by atoms with Crippen LogP contribution >= 0.6 is 0 Å². The van der Waals surface area contributed by atoms with Crippen LogP contribution in [0.1, 0.15) is 29.9 Å². The van der Waals surface area contributed by atoms with Crippen molar-refractivity contribution in [2.24, 2.45) is 11.7 Å². The number of imide groups is 1. The molecular formula is C24H33N5O2. The summed E-state index contributed by atoms with van der Waals surface area (Å²) < 4.78 is 0. The van der Waals surface area contributed by atoms with Crippen molar-refractivity contribution in [1.29, 1.82) is 0 Å². The van der Waals surface area contributed by atoms with E-state index in [2.05, 4.69) is 40.9 Å². The molecule has 0 spiro atoms. The first-order valence-electron chi connectivity index (χ1n) is 11.1. The van der Waals surface area contributed by atoms with Crippen molar-refractivity contribution in [3.63, 3.8) is 0 Å². The number of carbonyl (C=O) groups excluding carboxylic acids is 2. The Kier molecular flexibility index (Phi) is 6.16. The van der Waals surface area contributed by atoms with Gasteiger partial charge in [0.2, 0.25) is 5.91 Å². The van der Waals surface area contributed by atoms with Crippen LogP contribution in [0.2, 0.25) is 0 Å². The standard InChI is InChI=1S/C24H33N5O2/c1-4-9-28-15-17(23(30)29(24(25)31)11-6-10-27(2)3)12-19-18-7-5-8-20-22(18)16(14-26-20)13-21(19)28/h4-5,7-8,14,17,19,21,26H,1,6,9-13,15H2,2-3H3,(H2,25,31)/t17-,19-,21-/m1/s1. The molecule has 0 bridgehead atoms. The van der Waals surface area contributed by atoms with E-state index in [-0.39, 0.29) is 17.7 Å². The van der Waals surface area contributed by atoms with Crippen molar-refractivity contribution in [2.75, 3.05) is 40.3 Å². The minimum atomic E-state index is -0.653. The lowest BCUT2D eigenvalue weighted by Gasteiger charge is -2.47. The molecule has 3 atom stereocenters. The van der Waals surface area contributed by atoms with Crippen LogP contribution in [-0.2, 0) is 11.2 Å². The molecule has 0 unspecified atom stereocenters. The lowest BCUT2D eigenvalue weighted by atomic mass is 9.72. The van der Waals surface area contributed by atoms with Crippen LogP contribution in [0.15, 0.2) is 37.1 Å². The van der Waals surface area contributed by atoms with Crippen LogP contribution in [0.4, 0.5) is 4.79 Å². The fourth-order valence-corrected chi connectivity index (χ4v) is 5.45. The van der Waals surface area contributed by atoms with Crippen LogP contribution in [0.25, 0.3) is 10.9 Å². The van der Waals surface area contributed by atoms with E-state index >= 15 is 0 Å². The monoisotopic (exact) mass is 423 g/mol. The maximum atomic E-state index is 13.4. The molecule has 1 aliphatic carbocycles. The first kappa shape index (κ1) is 21.6. The molecule has 3 amide bonds. The number of carbonyl (C=O) groups is 2. The van der Waals surface area contributed by atoms with Gasteiger partial charge in [-0.15, -0.1) is 6.58 Å². The van der Waals surface area contributed by atoms with Crippen molar-refractivity contribution in [1.82, 2.24) is 19.7 Å². The lowest BCUT2D eigenvalue weighted by molar-refractivity contribution is -0.135. The number of aromatic nitrogens is 1. The summed E-state index contributed by atoms with van der Waals surface area (Å²) in [5.41, 5.74) is 9.41. The number of amides is 3. The number of benzene rings is 1. The Hall–Kier alpha value is -2.64. The molecule has 2 heterocycles. The number of aromatic amines is 1. The zero-order chi connectivity index (χ0) is 22.1. The number of piperidine rings is 1. The van der Waals surface area contributed by atoms with Gasteiger partial charge in [0.1, 0.15) is 0 Å². The quantitative estimate of drug-likeness (QED) is 0.670. The van der Waals surface area contributed by atoms with Crippen LogP contribution in [0, 0.1) is 5.92 Å². The molecule has 1 aromatic heterocycles. The third-order valence-electron chi connectivity index (χ3n) is 6.81. The fraction of sp³-hybridized carbons (Fsp3) is 0.500. The van der Waals surface area contributed by atoms with Gasteiger partial charge >= 0.3 is 6.03 Å². The predicted octanol–water partition coefficient (Wildman–Crippen LogP) is 2.54. The van der Waals surface area contributed by atoms with Gasteiger partial charge in [-0.1, -0.05) is 18.2 Å². The van der Waals surface area contributed by atoms with E-state index in [0.717, 1.165) is 31.4 Å². The minimum Gasteiger partial charge on any atom is -0.361 e. The first-order valence-corrected chi connectivity index (χ1v) is 11.1. The van der Waals surface area contributed by atoms with Crippen LogP contribution in [0.5, 0.6) is 0 Å². The van der Waals surface area contributed by atoms with Crippen molar-refractivity contribution in [3.05, 3.63) is 48.2 Å². The smallest absolute Gasteiger partial charge is 0.321 e. The van der Waals surface area contributed by atoms with Gasteiger partial charge in [-0.2, -0.15) is 0 Å². The molecule has 31 heavy (non-hydrogen) atoms. The number of nitrogens with two attached hydrogens (primary N) is 1. The topological polar surface area (TPSA) is 85.7 Å². The molecule has 4 rings (SSSR count). The summed E-state index contributed by atoms with van der Waals surface area (Å²) >= 11 is 0. The number of primary amides is 1. The number of rotatable bonds is 7. The number of nitrogens with zero attached hydrogens (tertiary/aromatic N) is 3. The molecular weight excluding hydrogens is 390 g/mol. The average Bonchev–Trinajstić information content (AvgIpc) is 3.15. The van der Waals surface area contributed by atoms with E-state index in [4.69, 9.17) is 5.73 Å². The van der Waals surface area contributed by atoms with Gasteiger partial charge in [0.25, 0.3) is 0 Å². The molecule has 1 aromatic carbocycles. The molecule has 2 aliphatic rings. The van der Waals surface area contributed by atoms with E-state index in [0.29, 0.717) is 25.6 Å². The largest absolute Gasteiger partial charge is 0.361 e. The summed E-state index contributed by atoms with van der Waals surface area (Å²) in [6.45, 7) is 6.43. The van der Waals surface area contributed by atoms with Crippen LogP contribution in [0.3, 0.4) is 0 Å². The van der Waals surface area contributed by atoms with Gasteiger partial charge in [-0.25, -0.2) is 4.79 Å². The maximum Gasteiger partial charge on any atom is 0.321 e. The molecule has 2 aromatic rings. The highest BCUT2D eigenvalue weighted by Gasteiger charge is 2.43. The highest BCUT2D eigenvalue weighted by atomic mass is 16.2. The van der Waals surface area contributed by atoms with Gasteiger partial charge in [-0.05, 0) is 57.1 Å². The Balaban J connectivity index is 1.61. The molecule has 1 fully saturated rings. The number of likely N-dealkylation sites (tertiary alicyclic amines) is 1. The van der Waals surface area contributed by atoms with Crippen molar-refractivity contribution >= 4 is 22.8 Å². The van der Waals surface area contributed by atoms with Gasteiger partial charge in [0, 0.05) is 48.7 Å². The first-order chi connectivity index (χ1) is 14.9. The number of urea groups is 1. The van der Waals surface area contributed by atoms with Crippen LogP contribution in [-0.4, -0.2) is 77.9 Å². The SMILES string of the molecule is C=CCN1C[C@H](C(=O)N(CCCN(C)C)C(N)=O)C[C@@H]2c3cccc4[nH]cc(c34)C[C@H]21. The minimum absolute atomic E-state index is 0.147. The van der Waals surface area contributed by atoms with Gasteiger partial charge in [0.15, 0.2) is 0 Å². The third-order valence-corrected chi connectivity index (χ3v) is 6.81. The Morgan fingerprint density at radius 3 is 2.84 bits per heavy atom. The Morgan fingerprint density at radius 2 is 2.13 bits per heavy atom. The molecule has 166 valence electrons. The molecule has 7 heteroatoms. The average molecular weight is 424 g/mol. The second kappa shape index (κ2) is 8.85. The summed E-state index contributed by atoms with van der Waals surface area (Å²) in [6.07, 6.45) is 6.42.